The lowest BCUT2D eigenvalue weighted by Gasteiger charge is -2.35. The summed E-state index contributed by atoms with van der Waals surface area (Å²) in [6.45, 7) is 0. The molecule has 4 heteroatoms. The highest BCUT2D eigenvalue weighted by atomic mass is 79.9. The summed E-state index contributed by atoms with van der Waals surface area (Å²) in [4.78, 5) is 2.43. The number of benzene rings is 2. The number of hydrogen-bond donors (Lipinski definition) is 1. The van der Waals surface area contributed by atoms with Crippen LogP contribution >= 0.6 is 31.9 Å². The number of halogens is 2. The highest BCUT2D eigenvalue weighted by Gasteiger charge is 2.44. The van der Waals surface area contributed by atoms with Gasteiger partial charge in [-0.1, -0.05) is 46.3 Å². The van der Waals surface area contributed by atoms with Gasteiger partial charge in [0, 0.05) is 27.7 Å². The van der Waals surface area contributed by atoms with Crippen LogP contribution in [-0.4, -0.2) is 11.1 Å². The second-order valence-electron chi connectivity index (χ2n) is 5.86. The molecule has 4 rings (SSSR count). The molecule has 0 radical (unpaired) electrons. The molecular formula is C18H15Br2NO. The number of aromatic hydroxyl groups is 1. The van der Waals surface area contributed by atoms with E-state index in [1.807, 2.05) is 18.2 Å². The molecule has 2 aliphatic rings. The number of fused-ring (bicyclic) bond motifs is 2. The summed E-state index contributed by atoms with van der Waals surface area (Å²) in [6.07, 6.45) is 5.70. The largest absolute Gasteiger partial charge is 0.506 e. The Bertz CT molecular complexity index is 744. The molecule has 2 aromatic rings. The highest BCUT2D eigenvalue weighted by Crippen LogP contribution is 2.51. The minimum Gasteiger partial charge on any atom is -0.506 e. The molecule has 1 saturated heterocycles. The van der Waals surface area contributed by atoms with Crippen molar-refractivity contribution in [3.63, 3.8) is 0 Å². The molecule has 0 spiro atoms. The lowest BCUT2D eigenvalue weighted by atomic mass is 9.93. The first-order chi connectivity index (χ1) is 10.6. The quantitative estimate of drug-likeness (QED) is 0.655. The fourth-order valence-electron chi connectivity index (χ4n) is 3.70. The van der Waals surface area contributed by atoms with Gasteiger partial charge < -0.3 is 10.0 Å². The Balaban J connectivity index is 1.85. The summed E-state index contributed by atoms with van der Waals surface area (Å²) in [6, 6.07) is 15.0. The molecule has 1 heterocycles. The van der Waals surface area contributed by atoms with Crippen LogP contribution in [0.15, 0.2) is 63.6 Å². The van der Waals surface area contributed by atoms with Crippen LogP contribution in [0.2, 0.25) is 0 Å². The standard InChI is InChI=1S/C18H15Br2NO/c19-12-9-15(18(22)16(20)10-12)17-11-6-7-14(8-11)21(17)13-4-2-1-3-5-13/h1-7,9-11,14,17,22H,8H2. The maximum absolute atomic E-state index is 10.6. The van der Waals surface area contributed by atoms with Crippen molar-refractivity contribution in [3.05, 3.63) is 69.1 Å². The first-order valence-electron chi connectivity index (χ1n) is 7.35. The monoisotopic (exact) mass is 419 g/mol. The second kappa shape index (κ2) is 5.43. The zero-order valence-electron chi connectivity index (χ0n) is 11.8. The molecule has 1 N–H and O–H groups in total. The van der Waals surface area contributed by atoms with E-state index >= 15 is 0 Å². The third-order valence-corrected chi connectivity index (χ3v) is 5.65. The number of phenolic OH excluding ortho intramolecular Hbond substituents is 1. The summed E-state index contributed by atoms with van der Waals surface area (Å²) >= 11 is 7.00. The Kier molecular flexibility index (Phi) is 3.54. The Morgan fingerprint density at radius 1 is 1.05 bits per heavy atom. The van der Waals surface area contributed by atoms with E-state index < -0.39 is 0 Å². The Morgan fingerprint density at radius 3 is 2.59 bits per heavy atom. The Morgan fingerprint density at radius 2 is 1.82 bits per heavy atom. The summed E-state index contributed by atoms with van der Waals surface area (Å²) in [5, 5.41) is 10.6. The average molecular weight is 421 g/mol. The lowest BCUT2D eigenvalue weighted by molar-refractivity contribution is 0.449. The van der Waals surface area contributed by atoms with Crippen LogP contribution in [0.3, 0.4) is 0 Å². The Hall–Kier alpha value is -1.26. The van der Waals surface area contributed by atoms with E-state index in [4.69, 9.17) is 0 Å². The van der Waals surface area contributed by atoms with Crippen molar-refractivity contribution in [2.24, 2.45) is 5.92 Å². The number of hydrogen-bond acceptors (Lipinski definition) is 2. The average Bonchev–Trinajstić information content (AvgIpc) is 3.12. The molecule has 2 nitrogen and oxygen atoms in total. The van der Waals surface area contributed by atoms with E-state index in [0.29, 0.717) is 17.7 Å². The molecule has 2 bridgehead atoms. The molecule has 3 unspecified atom stereocenters. The summed E-state index contributed by atoms with van der Waals surface area (Å²) in [5.74, 6) is 0.785. The van der Waals surface area contributed by atoms with Gasteiger partial charge in [0.2, 0.25) is 0 Å². The van der Waals surface area contributed by atoms with Crippen molar-refractivity contribution in [1.29, 1.82) is 0 Å². The van der Waals surface area contributed by atoms with Crippen molar-refractivity contribution < 1.29 is 5.11 Å². The molecule has 1 aliphatic heterocycles. The molecule has 1 aliphatic carbocycles. The van der Waals surface area contributed by atoms with Crippen LogP contribution in [0.5, 0.6) is 5.75 Å². The topological polar surface area (TPSA) is 23.5 Å². The maximum Gasteiger partial charge on any atom is 0.135 e. The van der Waals surface area contributed by atoms with Gasteiger partial charge in [-0.05, 0) is 46.6 Å². The normalized spacial score (nSPS) is 25.9. The van der Waals surface area contributed by atoms with Crippen LogP contribution < -0.4 is 4.90 Å². The minimum absolute atomic E-state index is 0.172. The van der Waals surface area contributed by atoms with E-state index in [0.717, 1.165) is 20.9 Å². The van der Waals surface area contributed by atoms with Gasteiger partial charge in [-0.2, -0.15) is 0 Å². The van der Waals surface area contributed by atoms with Crippen LogP contribution in [0.25, 0.3) is 0 Å². The Labute approximate surface area is 146 Å². The van der Waals surface area contributed by atoms with Gasteiger partial charge in [0.1, 0.15) is 5.75 Å². The van der Waals surface area contributed by atoms with Gasteiger partial charge >= 0.3 is 0 Å². The van der Waals surface area contributed by atoms with Gasteiger partial charge in [-0.25, -0.2) is 0 Å². The smallest absolute Gasteiger partial charge is 0.135 e. The fourth-order valence-corrected chi connectivity index (χ4v) is 4.96. The zero-order chi connectivity index (χ0) is 15.3. The lowest BCUT2D eigenvalue weighted by Crippen LogP contribution is -2.32. The van der Waals surface area contributed by atoms with Gasteiger partial charge in [0.15, 0.2) is 0 Å². The first-order valence-corrected chi connectivity index (χ1v) is 8.93. The molecule has 1 fully saturated rings. The second-order valence-corrected chi connectivity index (χ2v) is 7.63. The van der Waals surface area contributed by atoms with Crippen LogP contribution in [0.4, 0.5) is 5.69 Å². The highest BCUT2D eigenvalue weighted by molar-refractivity contribution is 9.11. The SMILES string of the molecule is Oc1c(Br)cc(Br)cc1C1C2C=CC(C2)N1c1ccccc1. The third kappa shape index (κ3) is 2.20. The van der Waals surface area contributed by atoms with Crippen molar-refractivity contribution in [2.75, 3.05) is 4.90 Å². The van der Waals surface area contributed by atoms with Crippen molar-refractivity contribution in [2.45, 2.75) is 18.5 Å². The van der Waals surface area contributed by atoms with Gasteiger partial charge in [-0.3, -0.25) is 0 Å². The van der Waals surface area contributed by atoms with Crippen LogP contribution in [-0.2, 0) is 0 Å². The van der Waals surface area contributed by atoms with Crippen molar-refractivity contribution >= 4 is 37.5 Å². The molecule has 0 aromatic heterocycles. The van der Waals surface area contributed by atoms with Crippen LogP contribution in [0, 0.1) is 5.92 Å². The van der Waals surface area contributed by atoms with Crippen molar-refractivity contribution in [3.8, 4) is 5.75 Å². The third-order valence-electron chi connectivity index (χ3n) is 4.59. The van der Waals surface area contributed by atoms with E-state index in [1.165, 1.54) is 5.69 Å². The van der Waals surface area contributed by atoms with Crippen LogP contribution in [0.1, 0.15) is 18.0 Å². The summed E-state index contributed by atoms with van der Waals surface area (Å²) in [5.41, 5.74) is 2.18. The van der Waals surface area contributed by atoms with E-state index in [2.05, 4.69) is 73.2 Å². The molecule has 0 amide bonds. The van der Waals surface area contributed by atoms with Crippen molar-refractivity contribution in [1.82, 2.24) is 0 Å². The summed E-state index contributed by atoms with van der Waals surface area (Å²) in [7, 11) is 0. The molecule has 3 atom stereocenters. The van der Waals surface area contributed by atoms with E-state index in [-0.39, 0.29) is 6.04 Å². The number of rotatable bonds is 2. The molecular weight excluding hydrogens is 406 g/mol. The van der Waals surface area contributed by atoms with E-state index in [1.54, 1.807) is 0 Å². The zero-order valence-corrected chi connectivity index (χ0v) is 15.0. The number of para-hydroxylation sites is 1. The summed E-state index contributed by atoms with van der Waals surface area (Å²) < 4.78 is 1.71. The predicted molar refractivity (Wildman–Crippen MR) is 96.2 cm³/mol. The number of phenols is 1. The molecule has 112 valence electrons. The molecule has 2 aromatic carbocycles. The fraction of sp³-hybridized carbons (Fsp3) is 0.222. The molecule has 22 heavy (non-hydrogen) atoms. The van der Waals surface area contributed by atoms with Gasteiger partial charge in [-0.15, -0.1) is 0 Å². The van der Waals surface area contributed by atoms with Gasteiger partial charge in [0.25, 0.3) is 0 Å². The molecule has 0 saturated carbocycles. The maximum atomic E-state index is 10.6. The minimum atomic E-state index is 0.172. The van der Waals surface area contributed by atoms with E-state index in [9.17, 15) is 5.11 Å². The number of nitrogens with zero attached hydrogens (tertiary/aromatic N) is 1. The number of anilines is 1. The predicted octanol–water partition coefficient (Wildman–Crippen LogP) is 5.42. The first kappa shape index (κ1) is 14.3. The van der Waals surface area contributed by atoms with Gasteiger partial charge in [0.05, 0.1) is 10.5 Å².